The zero-order valence-electron chi connectivity index (χ0n) is 13.0. The van der Waals surface area contributed by atoms with E-state index in [4.69, 9.17) is 6.42 Å². The first-order chi connectivity index (χ1) is 9.13. The lowest BCUT2D eigenvalue weighted by Gasteiger charge is -2.30. The van der Waals surface area contributed by atoms with Crippen LogP contribution in [0.5, 0.6) is 0 Å². The number of hydrogen-bond donors (Lipinski definition) is 1. The Morgan fingerprint density at radius 2 is 2.00 bits per heavy atom. The zero-order chi connectivity index (χ0) is 15.2. The molecule has 0 amide bonds. The van der Waals surface area contributed by atoms with E-state index in [0.717, 1.165) is 24.3 Å². The maximum absolute atomic E-state index is 9.43. The van der Waals surface area contributed by atoms with E-state index in [2.05, 4.69) is 56.1 Å². The van der Waals surface area contributed by atoms with Crippen molar-refractivity contribution >= 4 is 5.71 Å². The molecule has 0 radical (unpaired) electrons. The lowest BCUT2D eigenvalue weighted by Crippen LogP contribution is -2.44. The molecular weight excluding hydrogens is 246 g/mol. The van der Waals surface area contributed by atoms with Gasteiger partial charge in [0, 0.05) is 22.2 Å². The fraction of sp³-hybridized carbons (Fsp3) is 0.647. The summed E-state index contributed by atoms with van der Waals surface area (Å²) in [7, 11) is 0. The second-order valence-corrected chi connectivity index (χ2v) is 7.38. The van der Waals surface area contributed by atoms with Crippen LogP contribution in [0.15, 0.2) is 16.8 Å². The van der Waals surface area contributed by atoms with Crippen molar-refractivity contribution in [2.45, 2.75) is 59.0 Å². The summed E-state index contributed by atoms with van der Waals surface area (Å²) >= 11 is 0. The summed E-state index contributed by atoms with van der Waals surface area (Å²) in [5.74, 6) is 2.73. The van der Waals surface area contributed by atoms with Crippen LogP contribution in [0, 0.1) is 34.5 Å². The van der Waals surface area contributed by atoms with Gasteiger partial charge in [-0.3, -0.25) is 4.99 Å². The number of allylic oxidation sites excluding steroid dienone is 2. The maximum Gasteiger partial charge on any atom is 0.127 e. The summed E-state index contributed by atoms with van der Waals surface area (Å²) in [4.78, 5) is 4.63. The molecule has 3 nitrogen and oxygen atoms in total. The number of nitrogens with zero attached hydrogens (tertiary/aromatic N) is 2. The number of nitrogens with one attached hydrogen (secondary N) is 1. The van der Waals surface area contributed by atoms with Crippen LogP contribution in [-0.4, -0.2) is 17.3 Å². The molecule has 0 spiro atoms. The second-order valence-electron chi connectivity index (χ2n) is 7.38. The Kier molecular flexibility index (Phi) is 3.22. The molecule has 2 aliphatic rings. The van der Waals surface area contributed by atoms with Gasteiger partial charge < -0.3 is 5.32 Å². The van der Waals surface area contributed by atoms with Crippen molar-refractivity contribution in [3.05, 3.63) is 11.8 Å². The Bertz CT molecular complexity index is 566. The van der Waals surface area contributed by atoms with E-state index in [0.29, 0.717) is 0 Å². The van der Waals surface area contributed by atoms with Gasteiger partial charge in [-0.2, -0.15) is 5.26 Å². The third-order valence-electron chi connectivity index (χ3n) is 4.82. The molecule has 0 aromatic heterocycles. The Balaban J connectivity index is 2.31. The molecule has 2 unspecified atom stereocenters. The quantitative estimate of drug-likeness (QED) is 0.744. The van der Waals surface area contributed by atoms with Crippen molar-refractivity contribution in [3.63, 3.8) is 0 Å². The van der Waals surface area contributed by atoms with Crippen molar-refractivity contribution in [2.24, 2.45) is 15.8 Å². The van der Waals surface area contributed by atoms with Gasteiger partial charge in [0.15, 0.2) is 0 Å². The molecule has 106 valence electrons. The summed E-state index contributed by atoms with van der Waals surface area (Å²) in [6.45, 7) is 10.5. The lowest BCUT2D eigenvalue weighted by atomic mass is 9.75. The Hall–Kier alpha value is -1.74. The van der Waals surface area contributed by atoms with Crippen LogP contribution < -0.4 is 5.32 Å². The molecule has 0 aromatic carbocycles. The summed E-state index contributed by atoms with van der Waals surface area (Å²) in [6, 6.07) is 2.38. The molecule has 20 heavy (non-hydrogen) atoms. The van der Waals surface area contributed by atoms with Gasteiger partial charge in [-0.05, 0) is 25.8 Å². The molecule has 2 heterocycles. The van der Waals surface area contributed by atoms with E-state index < -0.39 is 5.54 Å². The van der Waals surface area contributed by atoms with E-state index in [1.807, 2.05) is 6.92 Å². The van der Waals surface area contributed by atoms with Crippen molar-refractivity contribution in [1.82, 2.24) is 5.32 Å². The van der Waals surface area contributed by atoms with Gasteiger partial charge in [0.25, 0.3) is 0 Å². The molecule has 1 fully saturated rings. The number of hydrogen-bond acceptors (Lipinski definition) is 3. The second kappa shape index (κ2) is 4.38. The molecule has 0 aromatic rings. The molecule has 1 saturated heterocycles. The number of rotatable bonds is 1. The van der Waals surface area contributed by atoms with E-state index in [1.165, 1.54) is 0 Å². The van der Waals surface area contributed by atoms with Gasteiger partial charge in [0.1, 0.15) is 11.6 Å². The molecule has 0 bridgehead atoms. The molecule has 3 heteroatoms. The molecular formula is C17H23N3. The van der Waals surface area contributed by atoms with Gasteiger partial charge in [0.05, 0.1) is 6.07 Å². The predicted octanol–water partition coefficient (Wildman–Crippen LogP) is 3.04. The summed E-state index contributed by atoms with van der Waals surface area (Å²) in [6.07, 6.45) is 9.34. The third kappa shape index (κ3) is 2.22. The van der Waals surface area contributed by atoms with E-state index >= 15 is 0 Å². The minimum atomic E-state index is -0.534. The highest BCUT2D eigenvalue weighted by Gasteiger charge is 2.48. The standard InChI is InChI=1S/C17H23N3/c1-7-12-9-15(2,3)14(19-12)8-13-10-16(4,5)17(6,11-18)20-13/h1,8,12,20H,9-10H2,2-6H3/b13-8-. The summed E-state index contributed by atoms with van der Waals surface area (Å²) in [5.41, 5.74) is 1.50. The average molecular weight is 269 g/mol. The highest BCUT2D eigenvalue weighted by atomic mass is 15.0. The zero-order valence-corrected chi connectivity index (χ0v) is 13.0. The number of nitriles is 1. The largest absolute Gasteiger partial charge is 0.370 e. The highest BCUT2D eigenvalue weighted by molar-refractivity contribution is 6.01. The van der Waals surface area contributed by atoms with Crippen LogP contribution in [0.1, 0.15) is 47.5 Å². The van der Waals surface area contributed by atoms with Crippen molar-refractivity contribution in [2.75, 3.05) is 0 Å². The van der Waals surface area contributed by atoms with Gasteiger partial charge in [-0.25, -0.2) is 0 Å². The van der Waals surface area contributed by atoms with Gasteiger partial charge in [0.2, 0.25) is 0 Å². The molecule has 2 rings (SSSR count). The van der Waals surface area contributed by atoms with Crippen LogP contribution >= 0.6 is 0 Å². The fourth-order valence-electron chi connectivity index (χ4n) is 2.92. The van der Waals surface area contributed by atoms with E-state index in [-0.39, 0.29) is 16.9 Å². The van der Waals surface area contributed by atoms with Gasteiger partial charge in [-0.15, -0.1) is 6.42 Å². The van der Waals surface area contributed by atoms with Crippen molar-refractivity contribution in [3.8, 4) is 18.4 Å². The summed E-state index contributed by atoms with van der Waals surface area (Å²) < 4.78 is 0. The van der Waals surface area contributed by atoms with Crippen LogP contribution in [0.2, 0.25) is 0 Å². The third-order valence-corrected chi connectivity index (χ3v) is 4.82. The average Bonchev–Trinajstić information content (AvgIpc) is 2.74. The topological polar surface area (TPSA) is 48.2 Å². The maximum atomic E-state index is 9.43. The molecule has 0 aliphatic carbocycles. The van der Waals surface area contributed by atoms with Crippen LogP contribution in [0.25, 0.3) is 0 Å². The highest BCUT2D eigenvalue weighted by Crippen LogP contribution is 2.43. The van der Waals surface area contributed by atoms with Crippen LogP contribution in [-0.2, 0) is 0 Å². The van der Waals surface area contributed by atoms with Crippen molar-refractivity contribution < 1.29 is 0 Å². The first kappa shape index (κ1) is 14.7. The number of terminal acetylenes is 1. The number of aliphatic imine (C=N–C) groups is 1. The Morgan fingerprint density at radius 3 is 2.45 bits per heavy atom. The minimum Gasteiger partial charge on any atom is -0.370 e. The smallest absolute Gasteiger partial charge is 0.127 e. The molecule has 0 saturated carbocycles. The van der Waals surface area contributed by atoms with Gasteiger partial charge in [-0.1, -0.05) is 33.6 Å². The minimum absolute atomic E-state index is 0.00148. The molecule has 2 atom stereocenters. The first-order valence-corrected chi connectivity index (χ1v) is 7.08. The first-order valence-electron chi connectivity index (χ1n) is 7.08. The van der Waals surface area contributed by atoms with Crippen LogP contribution in [0.3, 0.4) is 0 Å². The van der Waals surface area contributed by atoms with E-state index in [9.17, 15) is 5.26 Å². The normalized spacial score (nSPS) is 36.0. The fourth-order valence-corrected chi connectivity index (χ4v) is 2.92. The van der Waals surface area contributed by atoms with Crippen LogP contribution in [0.4, 0.5) is 0 Å². The van der Waals surface area contributed by atoms with Gasteiger partial charge >= 0.3 is 0 Å². The van der Waals surface area contributed by atoms with E-state index in [1.54, 1.807) is 0 Å². The predicted molar refractivity (Wildman–Crippen MR) is 82.1 cm³/mol. The Morgan fingerprint density at radius 1 is 1.35 bits per heavy atom. The summed E-state index contributed by atoms with van der Waals surface area (Å²) in [5, 5.41) is 12.8. The van der Waals surface area contributed by atoms with Crippen molar-refractivity contribution in [1.29, 1.82) is 5.26 Å². The molecule has 2 aliphatic heterocycles. The molecule has 1 N–H and O–H groups in total. The SMILES string of the molecule is C#CC1CC(C)(C)C(/C=C2/CC(C)(C)C(C)(C#N)N2)=N1. The lowest BCUT2D eigenvalue weighted by molar-refractivity contribution is 0.264. The monoisotopic (exact) mass is 269 g/mol. The Labute approximate surface area is 122 Å².